The second-order valence-electron chi connectivity index (χ2n) is 5.04. The first kappa shape index (κ1) is 15.8. The van der Waals surface area contributed by atoms with Gasteiger partial charge in [-0.3, -0.25) is 0 Å². The molecule has 1 aliphatic heterocycles. The molecular formula is C14H21ClN2O2S. The number of benzene rings is 1. The van der Waals surface area contributed by atoms with Gasteiger partial charge in [0.25, 0.3) is 10.2 Å². The highest BCUT2D eigenvalue weighted by Gasteiger charge is 2.23. The zero-order valence-electron chi connectivity index (χ0n) is 11.5. The molecule has 1 unspecified atom stereocenters. The predicted molar refractivity (Wildman–Crippen MR) is 82.0 cm³/mol. The van der Waals surface area contributed by atoms with Gasteiger partial charge in [-0.25, -0.2) is 4.72 Å². The Balaban J connectivity index is 1.91. The highest BCUT2D eigenvalue weighted by molar-refractivity contribution is 7.87. The summed E-state index contributed by atoms with van der Waals surface area (Å²) in [4.78, 5) is 0. The molecule has 0 spiro atoms. The Hall–Kier alpha value is -0.620. The van der Waals surface area contributed by atoms with E-state index in [1.807, 2.05) is 30.3 Å². The van der Waals surface area contributed by atoms with Crippen LogP contribution in [0.15, 0.2) is 30.3 Å². The molecule has 0 bridgehead atoms. The number of nitrogens with zero attached hydrogens (tertiary/aromatic N) is 1. The minimum absolute atomic E-state index is 0.213. The molecule has 1 atom stereocenters. The average Bonchev–Trinajstić information content (AvgIpc) is 2.75. The molecule has 20 heavy (non-hydrogen) atoms. The van der Waals surface area contributed by atoms with Gasteiger partial charge in [0.2, 0.25) is 0 Å². The van der Waals surface area contributed by atoms with Gasteiger partial charge >= 0.3 is 0 Å². The topological polar surface area (TPSA) is 49.4 Å². The first-order valence-electron chi connectivity index (χ1n) is 7.03. The summed E-state index contributed by atoms with van der Waals surface area (Å²) in [6.07, 6.45) is 4.08. The van der Waals surface area contributed by atoms with Crippen molar-refractivity contribution in [3.63, 3.8) is 0 Å². The Labute approximate surface area is 126 Å². The zero-order valence-corrected chi connectivity index (χ0v) is 13.0. The maximum Gasteiger partial charge on any atom is 0.279 e. The highest BCUT2D eigenvalue weighted by Crippen LogP contribution is 2.19. The van der Waals surface area contributed by atoms with E-state index in [4.69, 9.17) is 11.6 Å². The van der Waals surface area contributed by atoms with Crippen LogP contribution in [0.3, 0.4) is 0 Å². The van der Waals surface area contributed by atoms with E-state index in [9.17, 15) is 8.42 Å². The van der Waals surface area contributed by atoms with Crippen molar-refractivity contribution in [2.75, 3.05) is 19.6 Å². The summed E-state index contributed by atoms with van der Waals surface area (Å²) >= 11 is 6.24. The van der Waals surface area contributed by atoms with E-state index in [-0.39, 0.29) is 11.9 Å². The van der Waals surface area contributed by atoms with Crippen molar-refractivity contribution in [2.45, 2.75) is 31.1 Å². The normalized spacial score (nSPS) is 19.4. The molecule has 112 valence electrons. The van der Waals surface area contributed by atoms with Crippen LogP contribution in [0, 0.1) is 0 Å². The summed E-state index contributed by atoms with van der Waals surface area (Å²) < 4.78 is 28.6. The molecule has 0 saturated carbocycles. The van der Waals surface area contributed by atoms with E-state index in [0.29, 0.717) is 13.1 Å². The fourth-order valence-electron chi connectivity index (χ4n) is 2.33. The molecule has 0 amide bonds. The summed E-state index contributed by atoms with van der Waals surface area (Å²) in [5.74, 6) is 0. The Bertz CT molecular complexity index is 499. The smallest absolute Gasteiger partial charge is 0.200 e. The van der Waals surface area contributed by atoms with E-state index in [0.717, 1.165) is 31.2 Å². The lowest BCUT2D eigenvalue weighted by Gasteiger charge is -2.21. The van der Waals surface area contributed by atoms with E-state index in [1.54, 1.807) is 0 Å². The number of halogens is 1. The van der Waals surface area contributed by atoms with Gasteiger partial charge in [-0.05, 0) is 18.4 Å². The summed E-state index contributed by atoms with van der Waals surface area (Å²) in [5.41, 5.74) is 0.924. The van der Waals surface area contributed by atoms with Crippen LogP contribution in [0.5, 0.6) is 0 Å². The molecule has 0 aliphatic carbocycles. The average molecular weight is 317 g/mol. The maximum absolute atomic E-state index is 12.2. The lowest BCUT2D eigenvalue weighted by atomic mass is 10.1. The lowest BCUT2D eigenvalue weighted by Crippen LogP contribution is -2.42. The molecule has 6 heteroatoms. The van der Waals surface area contributed by atoms with Crippen molar-refractivity contribution < 1.29 is 8.42 Å². The number of alkyl halides is 1. The standard InChI is InChI=1S/C14H21ClN2O2S/c15-14(13-8-4-3-5-9-13)12-16-20(18,19)17-10-6-1-2-7-11-17/h3-5,8-9,14,16H,1-2,6-7,10-12H2. The molecule has 1 aromatic carbocycles. The van der Waals surface area contributed by atoms with Gasteiger partial charge in [0.15, 0.2) is 0 Å². The minimum Gasteiger partial charge on any atom is -0.200 e. The van der Waals surface area contributed by atoms with Crippen LogP contribution in [0.2, 0.25) is 0 Å². The number of nitrogens with one attached hydrogen (secondary N) is 1. The van der Waals surface area contributed by atoms with Gasteiger partial charge in [-0.15, -0.1) is 11.6 Å². The molecule has 1 saturated heterocycles. The Morgan fingerprint density at radius 2 is 1.70 bits per heavy atom. The molecule has 0 radical (unpaired) electrons. The third-order valence-corrected chi connectivity index (χ3v) is 5.49. The van der Waals surface area contributed by atoms with Crippen LogP contribution >= 0.6 is 11.6 Å². The molecular weight excluding hydrogens is 296 g/mol. The van der Waals surface area contributed by atoms with Gasteiger partial charge in [-0.1, -0.05) is 43.2 Å². The quantitative estimate of drug-likeness (QED) is 0.849. The van der Waals surface area contributed by atoms with E-state index in [2.05, 4.69) is 4.72 Å². The molecule has 4 nitrogen and oxygen atoms in total. The zero-order chi connectivity index (χ0) is 14.4. The van der Waals surface area contributed by atoms with Crippen molar-refractivity contribution in [2.24, 2.45) is 0 Å². The molecule has 2 rings (SSSR count). The summed E-state index contributed by atoms with van der Waals surface area (Å²) in [6, 6.07) is 9.51. The van der Waals surface area contributed by atoms with Gasteiger partial charge in [0, 0.05) is 19.6 Å². The molecule has 1 aromatic rings. The second-order valence-corrected chi connectivity index (χ2v) is 7.33. The lowest BCUT2D eigenvalue weighted by molar-refractivity contribution is 0.415. The minimum atomic E-state index is -3.41. The van der Waals surface area contributed by atoms with Crippen molar-refractivity contribution in [1.29, 1.82) is 0 Å². The van der Waals surface area contributed by atoms with Crippen LogP contribution in [0.25, 0.3) is 0 Å². The fourth-order valence-corrected chi connectivity index (χ4v) is 3.94. The maximum atomic E-state index is 12.2. The molecule has 1 N–H and O–H groups in total. The van der Waals surface area contributed by atoms with Crippen LogP contribution in [0.1, 0.15) is 36.6 Å². The number of hydrogen-bond donors (Lipinski definition) is 1. The largest absolute Gasteiger partial charge is 0.279 e. The molecule has 1 aliphatic rings. The third-order valence-electron chi connectivity index (χ3n) is 3.51. The summed E-state index contributed by atoms with van der Waals surface area (Å²) in [7, 11) is -3.41. The van der Waals surface area contributed by atoms with Crippen LogP contribution in [0.4, 0.5) is 0 Å². The Kier molecular flexibility index (Phi) is 5.84. The predicted octanol–water partition coefficient (Wildman–Crippen LogP) is 2.68. The highest BCUT2D eigenvalue weighted by atomic mass is 35.5. The van der Waals surface area contributed by atoms with E-state index >= 15 is 0 Å². The van der Waals surface area contributed by atoms with Crippen LogP contribution < -0.4 is 4.72 Å². The summed E-state index contributed by atoms with van der Waals surface area (Å²) in [6.45, 7) is 1.42. The van der Waals surface area contributed by atoms with Gasteiger partial charge in [0.05, 0.1) is 5.38 Å². The van der Waals surface area contributed by atoms with Gasteiger partial charge in [0.1, 0.15) is 0 Å². The van der Waals surface area contributed by atoms with E-state index in [1.165, 1.54) is 4.31 Å². The Morgan fingerprint density at radius 3 is 2.30 bits per heavy atom. The van der Waals surface area contributed by atoms with E-state index < -0.39 is 10.2 Å². The monoisotopic (exact) mass is 316 g/mol. The molecule has 0 aromatic heterocycles. The van der Waals surface area contributed by atoms with Crippen LogP contribution in [-0.4, -0.2) is 32.4 Å². The molecule has 1 fully saturated rings. The Morgan fingerprint density at radius 1 is 1.10 bits per heavy atom. The van der Waals surface area contributed by atoms with Crippen molar-refractivity contribution in [1.82, 2.24) is 9.03 Å². The van der Waals surface area contributed by atoms with Gasteiger partial charge in [-0.2, -0.15) is 12.7 Å². The van der Waals surface area contributed by atoms with Gasteiger partial charge < -0.3 is 0 Å². The van der Waals surface area contributed by atoms with Crippen LogP contribution in [-0.2, 0) is 10.2 Å². The molecule has 1 heterocycles. The fraction of sp³-hybridized carbons (Fsp3) is 0.571. The van der Waals surface area contributed by atoms with Crippen molar-refractivity contribution in [3.8, 4) is 0 Å². The summed E-state index contributed by atoms with van der Waals surface area (Å²) in [5, 5.41) is -0.349. The number of rotatable bonds is 5. The first-order valence-corrected chi connectivity index (χ1v) is 8.91. The third kappa shape index (κ3) is 4.45. The first-order chi connectivity index (χ1) is 9.59. The van der Waals surface area contributed by atoms with Crippen molar-refractivity contribution >= 4 is 21.8 Å². The van der Waals surface area contributed by atoms with Crippen molar-refractivity contribution in [3.05, 3.63) is 35.9 Å². The SMILES string of the molecule is O=S(=O)(NCC(Cl)c1ccccc1)N1CCCCCC1. The second kappa shape index (κ2) is 7.41. The number of hydrogen-bond acceptors (Lipinski definition) is 2.